The highest BCUT2D eigenvalue weighted by molar-refractivity contribution is 6.06. The van der Waals surface area contributed by atoms with Crippen LogP contribution < -0.4 is 9.64 Å². The Labute approximate surface area is 158 Å². The van der Waals surface area contributed by atoms with Crippen LogP contribution in [0.2, 0.25) is 0 Å². The number of carboxylic acid groups (broad SMARTS) is 1. The van der Waals surface area contributed by atoms with Gasteiger partial charge in [0, 0.05) is 24.7 Å². The first-order chi connectivity index (χ1) is 12.8. The fourth-order valence-corrected chi connectivity index (χ4v) is 3.55. The molecule has 1 N–H and O–H groups in total. The number of methoxy groups -OCH3 is 1. The number of hydrogen-bond donors (Lipinski definition) is 1. The number of aromatic carboxylic acids is 1. The maximum absolute atomic E-state index is 13.2. The predicted molar refractivity (Wildman–Crippen MR) is 102 cm³/mol. The van der Waals surface area contributed by atoms with E-state index in [-0.39, 0.29) is 17.2 Å². The number of anilines is 1. The Morgan fingerprint density at radius 3 is 2.63 bits per heavy atom. The highest BCUT2D eigenvalue weighted by Gasteiger charge is 2.33. The zero-order valence-electron chi connectivity index (χ0n) is 16.1. The first-order valence-corrected chi connectivity index (χ1v) is 9.20. The van der Waals surface area contributed by atoms with Gasteiger partial charge in [-0.25, -0.2) is 4.79 Å². The minimum Gasteiger partial charge on any atom is -0.497 e. The van der Waals surface area contributed by atoms with Gasteiger partial charge >= 0.3 is 5.97 Å². The summed E-state index contributed by atoms with van der Waals surface area (Å²) in [6.07, 6.45) is 1.28. The number of carbonyl (C=O) groups is 2. The molecule has 1 aromatic carbocycles. The molecule has 2 heterocycles. The van der Waals surface area contributed by atoms with Crippen molar-refractivity contribution in [2.45, 2.75) is 33.6 Å². The number of amides is 1. The Morgan fingerprint density at radius 1 is 1.33 bits per heavy atom. The van der Waals surface area contributed by atoms with Gasteiger partial charge in [0.15, 0.2) is 5.76 Å². The SMILES string of the molecule is CCc1oc(C(=O)N2CC(C(C)C)Cc3cc(OC)ccc32)cc1C(=O)O. The van der Waals surface area contributed by atoms with Gasteiger partial charge < -0.3 is 19.2 Å². The first-order valence-electron chi connectivity index (χ1n) is 9.20. The molecule has 1 atom stereocenters. The molecule has 1 unspecified atom stereocenters. The number of carboxylic acids is 1. The number of nitrogens with zero attached hydrogens (tertiary/aromatic N) is 1. The number of furan rings is 1. The van der Waals surface area contributed by atoms with Crippen LogP contribution in [0.3, 0.4) is 0 Å². The Kier molecular flexibility index (Phi) is 5.26. The molecule has 0 bridgehead atoms. The third-order valence-electron chi connectivity index (χ3n) is 5.24. The molecular weight excluding hydrogens is 346 g/mol. The molecule has 0 spiro atoms. The van der Waals surface area contributed by atoms with E-state index in [2.05, 4.69) is 13.8 Å². The van der Waals surface area contributed by atoms with Gasteiger partial charge in [-0.3, -0.25) is 4.79 Å². The molecule has 0 radical (unpaired) electrons. The van der Waals surface area contributed by atoms with Crippen LogP contribution in [0.4, 0.5) is 5.69 Å². The molecule has 1 aliphatic heterocycles. The van der Waals surface area contributed by atoms with E-state index in [1.165, 1.54) is 6.07 Å². The van der Waals surface area contributed by atoms with E-state index in [9.17, 15) is 14.7 Å². The summed E-state index contributed by atoms with van der Waals surface area (Å²) in [5, 5.41) is 9.33. The van der Waals surface area contributed by atoms with E-state index in [1.54, 1.807) is 18.9 Å². The lowest BCUT2D eigenvalue weighted by molar-refractivity contribution is 0.0694. The van der Waals surface area contributed by atoms with Crippen LogP contribution in [-0.2, 0) is 12.8 Å². The van der Waals surface area contributed by atoms with E-state index in [4.69, 9.17) is 9.15 Å². The second kappa shape index (κ2) is 7.47. The Bertz CT molecular complexity index is 867. The molecule has 2 aromatic rings. The van der Waals surface area contributed by atoms with Crippen LogP contribution in [-0.4, -0.2) is 30.6 Å². The van der Waals surface area contributed by atoms with Gasteiger partial charge in [0.2, 0.25) is 0 Å². The number of aryl methyl sites for hydroxylation is 1. The molecule has 0 saturated heterocycles. The second-order valence-electron chi connectivity index (χ2n) is 7.22. The van der Waals surface area contributed by atoms with E-state index in [1.807, 2.05) is 18.2 Å². The Balaban J connectivity index is 2.02. The van der Waals surface area contributed by atoms with Gasteiger partial charge in [0.05, 0.1) is 7.11 Å². The van der Waals surface area contributed by atoms with Crippen molar-refractivity contribution >= 4 is 17.6 Å². The van der Waals surface area contributed by atoms with Crippen molar-refractivity contribution in [3.63, 3.8) is 0 Å². The van der Waals surface area contributed by atoms with Crippen molar-refractivity contribution in [3.05, 3.63) is 46.9 Å². The fourth-order valence-electron chi connectivity index (χ4n) is 3.55. The molecule has 27 heavy (non-hydrogen) atoms. The summed E-state index contributed by atoms with van der Waals surface area (Å²) in [5.74, 6) is 0.441. The monoisotopic (exact) mass is 371 g/mol. The zero-order valence-corrected chi connectivity index (χ0v) is 16.1. The molecule has 0 fully saturated rings. The number of ether oxygens (including phenoxy) is 1. The lowest BCUT2D eigenvalue weighted by atomic mass is 9.84. The maximum atomic E-state index is 13.2. The summed E-state index contributed by atoms with van der Waals surface area (Å²) in [6, 6.07) is 7.01. The van der Waals surface area contributed by atoms with Gasteiger partial charge in [-0.05, 0) is 42.0 Å². The van der Waals surface area contributed by atoms with E-state index >= 15 is 0 Å². The van der Waals surface area contributed by atoms with Gasteiger partial charge in [0.1, 0.15) is 17.1 Å². The minimum absolute atomic E-state index is 0.0493. The third kappa shape index (κ3) is 3.56. The summed E-state index contributed by atoms with van der Waals surface area (Å²) in [5.41, 5.74) is 1.92. The molecule has 0 saturated carbocycles. The topological polar surface area (TPSA) is 80.0 Å². The Morgan fingerprint density at radius 2 is 2.07 bits per heavy atom. The second-order valence-corrected chi connectivity index (χ2v) is 7.22. The molecule has 144 valence electrons. The van der Waals surface area contributed by atoms with Crippen molar-refractivity contribution in [1.82, 2.24) is 0 Å². The van der Waals surface area contributed by atoms with Gasteiger partial charge in [-0.15, -0.1) is 0 Å². The molecule has 0 aliphatic carbocycles. The molecule has 1 aromatic heterocycles. The van der Waals surface area contributed by atoms with Crippen molar-refractivity contribution in [1.29, 1.82) is 0 Å². The lowest BCUT2D eigenvalue weighted by Crippen LogP contribution is -2.41. The molecule has 6 heteroatoms. The normalized spacial score (nSPS) is 16.3. The summed E-state index contributed by atoms with van der Waals surface area (Å²) >= 11 is 0. The predicted octanol–water partition coefficient (Wildman–Crippen LogP) is 4.02. The van der Waals surface area contributed by atoms with Crippen molar-refractivity contribution in [2.24, 2.45) is 11.8 Å². The van der Waals surface area contributed by atoms with E-state index in [0.717, 1.165) is 23.4 Å². The van der Waals surface area contributed by atoms with Gasteiger partial charge in [-0.2, -0.15) is 0 Å². The highest BCUT2D eigenvalue weighted by Crippen LogP contribution is 2.36. The minimum atomic E-state index is -1.08. The fraction of sp³-hybridized carbons (Fsp3) is 0.429. The standard InChI is InChI=1S/C21H25NO5/c1-5-18-16(21(24)25)10-19(27-18)20(23)22-11-14(12(2)3)8-13-9-15(26-4)6-7-17(13)22/h6-7,9-10,12,14H,5,8,11H2,1-4H3,(H,24,25). The van der Waals surface area contributed by atoms with Crippen LogP contribution in [0.5, 0.6) is 5.75 Å². The quantitative estimate of drug-likeness (QED) is 0.858. The van der Waals surface area contributed by atoms with Crippen LogP contribution >= 0.6 is 0 Å². The van der Waals surface area contributed by atoms with E-state index in [0.29, 0.717) is 30.6 Å². The van der Waals surface area contributed by atoms with Crippen molar-refractivity contribution in [2.75, 3.05) is 18.6 Å². The number of fused-ring (bicyclic) bond motifs is 1. The van der Waals surface area contributed by atoms with Crippen LogP contribution in [0.1, 0.15) is 53.0 Å². The summed E-state index contributed by atoms with van der Waals surface area (Å²) in [4.78, 5) is 26.3. The molecule has 1 aliphatic rings. The van der Waals surface area contributed by atoms with Crippen molar-refractivity contribution in [3.8, 4) is 5.75 Å². The summed E-state index contributed by atoms with van der Waals surface area (Å²) < 4.78 is 10.9. The van der Waals surface area contributed by atoms with Gasteiger partial charge in [-0.1, -0.05) is 20.8 Å². The average Bonchev–Trinajstić information content (AvgIpc) is 3.10. The Hall–Kier alpha value is -2.76. The lowest BCUT2D eigenvalue weighted by Gasteiger charge is -2.36. The van der Waals surface area contributed by atoms with Crippen LogP contribution in [0.25, 0.3) is 0 Å². The number of carbonyl (C=O) groups excluding carboxylic acids is 1. The summed E-state index contributed by atoms with van der Waals surface area (Å²) in [6.45, 7) is 6.66. The average molecular weight is 371 g/mol. The van der Waals surface area contributed by atoms with E-state index < -0.39 is 5.97 Å². The van der Waals surface area contributed by atoms with Gasteiger partial charge in [0.25, 0.3) is 5.91 Å². The third-order valence-corrected chi connectivity index (χ3v) is 5.24. The largest absolute Gasteiger partial charge is 0.497 e. The van der Waals surface area contributed by atoms with Crippen LogP contribution in [0.15, 0.2) is 28.7 Å². The smallest absolute Gasteiger partial charge is 0.339 e. The molecule has 6 nitrogen and oxygen atoms in total. The zero-order chi connectivity index (χ0) is 19.7. The van der Waals surface area contributed by atoms with Crippen molar-refractivity contribution < 1.29 is 23.8 Å². The molecule has 3 rings (SSSR count). The number of hydrogen-bond acceptors (Lipinski definition) is 4. The number of benzene rings is 1. The van der Waals surface area contributed by atoms with Crippen LogP contribution in [0, 0.1) is 11.8 Å². The highest BCUT2D eigenvalue weighted by atomic mass is 16.5. The maximum Gasteiger partial charge on any atom is 0.339 e. The molecular formula is C21H25NO5. The first kappa shape index (κ1) is 19.0. The molecule has 1 amide bonds. The summed E-state index contributed by atoms with van der Waals surface area (Å²) in [7, 11) is 1.62. The number of rotatable bonds is 5.